The highest BCUT2D eigenvalue weighted by Gasteiger charge is 2.27. The van der Waals surface area contributed by atoms with Crippen molar-refractivity contribution in [3.63, 3.8) is 0 Å². The summed E-state index contributed by atoms with van der Waals surface area (Å²) in [5.74, 6) is 0.0701. The van der Waals surface area contributed by atoms with Gasteiger partial charge in [-0.3, -0.25) is 4.79 Å². The molecule has 0 saturated carbocycles. The summed E-state index contributed by atoms with van der Waals surface area (Å²) in [6, 6.07) is 4.78. The molecule has 1 saturated heterocycles. The van der Waals surface area contributed by atoms with Crippen LogP contribution in [0.4, 0.5) is 0 Å². The molecule has 6 nitrogen and oxygen atoms in total. The van der Waals surface area contributed by atoms with Crippen LogP contribution in [0, 0.1) is 6.92 Å². The molecule has 0 atom stereocenters. The number of benzene rings is 1. The molecule has 152 valence electrons. The maximum absolute atomic E-state index is 12.9. The topological polar surface area (TPSA) is 79.4 Å². The molecule has 2 aromatic rings. The number of piperidine rings is 1. The van der Waals surface area contributed by atoms with Crippen molar-refractivity contribution in [3.05, 3.63) is 45.4 Å². The first-order valence-electron chi connectivity index (χ1n) is 9.62. The van der Waals surface area contributed by atoms with Gasteiger partial charge < -0.3 is 5.32 Å². The van der Waals surface area contributed by atoms with Gasteiger partial charge in [-0.15, -0.1) is 11.3 Å². The maximum Gasteiger partial charge on any atom is 0.251 e. The third-order valence-electron chi connectivity index (χ3n) is 4.90. The molecule has 2 heterocycles. The third kappa shape index (κ3) is 4.61. The molecule has 0 bridgehead atoms. The Morgan fingerprint density at radius 2 is 1.96 bits per heavy atom. The summed E-state index contributed by atoms with van der Waals surface area (Å²) in [4.78, 5) is 17.4. The fourth-order valence-electron chi connectivity index (χ4n) is 3.20. The van der Waals surface area contributed by atoms with E-state index in [4.69, 9.17) is 0 Å². The van der Waals surface area contributed by atoms with Crippen molar-refractivity contribution in [2.45, 2.75) is 57.4 Å². The smallest absolute Gasteiger partial charge is 0.251 e. The molecule has 1 amide bonds. The van der Waals surface area contributed by atoms with Crippen molar-refractivity contribution in [2.75, 3.05) is 13.1 Å². The van der Waals surface area contributed by atoms with Crippen LogP contribution in [0.3, 0.4) is 0 Å². The van der Waals surface area contributed by atoms with Crippen molar-refractivity contribution >= 4 is 27.3 Å². The molecule has 0 radical (unpaired) electrons. The number of amides is 1. The van der Waals surface area contributed by atoms with Gasteiger partial charge >= 0.3 is 0 Å². The molecule has 8 heteroatoms. The Kier molecular flexibility index (Phi) is 6.52. The Hall–Kier alpha value is -1.77. The van der Waals surface area contributed by atoms with Gasteiger partial charge in [0, 0.05) is 30.0 Å². The summed E-state index contributed by atoms with van der Waals surface area (Å²) >= 11 is 1.58. The molecule has 1 aliphatic rings. The van der Waals surface area contributed by atoms with Gasteiger partial charge in [-0.25, -0.2) is 13.4 Å². The largest absolute Gasteiger partial charge is 0.346 e. The second-order valence-corrected chi connectivity index (χ2v) is 10.3. The molecule has 0 unspecified atom stereocenters. The van der Waals surface area contributed by atoms with E-state index >= 15 is 0 Å². The average molecular weight is 422 g/mol. The summed E-state index contributed by atoms with van der Waals surface area (Å²) < 4.78 is 27.3. The van der Waals surface area contributed by atoms with E-state index in [-0.39, 0.29) is 10.8 Å². The zero-order valence-corrected chi connectivity index (χ0v) is 18.2. The molecular weight excluding hydrogens is 394 g/mol. The van der Waals surface area contributed by atoms with Crippen molar-refractivity contribution in [1.82, 2.24) is 14.6 Å². The van der Waals surface area contributed by atoms with E-state index in [9.17, 15) is 13.2 Å². The van der Waals surface area contributed by atoms with Gasteiger partial charge in [0.1, 0.15) is 0 Å². The number of rotatable bonds is 6. The van der Waals surface area contributed by atoms with E-state index in [0.717, 1.165) is 35.5 Å². The van der Waals surface area contributed by atoms with Crippen molar-refractivity contribution in [3.8, 4) is 0 Å². The Bertz CT molecular complexity index is 945. The number of carbonyl (C=O) groups is 1. The highest BCUT2D eigenvalue weighted by Crippen LogP contribution is 2.23. The van der Waals surface area contributed by atoms with Crippen LogP contribution in [0.1, 0.15) is 65.7 Å². The van der Waals surface area contributed by atoms with Gasteiger partial charge in [0.2, 0.25) is 10.0 Å². The first-order valence-corrected chi connectivity index (χ1v) is 11.9. The molecule has 1 fully saturated rings. The minimum Gasteiger partial charge on any atom is -0.346 e. The summed E-state index contributed by atoms with van der Waals surface area (Å²) in [6.45, 7) is 7.38. The monoisotopic (exact) mass is 421 g/mol. The predicted octanol–water partition coefficient (Wildman–Crippen LogP) is 3.68. The molecular formula is C20H27N3O3S2. The van der Waals surface area contributed by atoms with Crippen LogP contribution in [0.15, 0.2) is 28.5 Å². The van der Waals surface area contributed by atoms with Gasteiger partial charge in [-0.05, 0) is 37.5 Å². The lowest BCUT2D eigenvalue weighted by atomic mass is 10.1. The third-order valence-corrected chi connectivity index (χ3v) is 7.99. The summed E-state index contributed by atoms with van der Waals surface area (Å²) in [5.41, 5.74) is 1.95. The summed E-state index contributed by atoms with van der Waals surface area (Å²) in [5, 5.41) is 5.84. The van der Waals surface area contributed by atoms with Gasteiger partial charge in [0.25, 0.3) is 5.91 Å². The number of thiazole rings is 1. The van der Waals surface area contributed by atoms with Crippen LogP contribution in [-0.2, 0) is 16.6 Å². The molecule has 1 aromatic carbocycles. The van der Waals surface area contributed by atoms with Crippen molar-refractivity contribution in [2.24, 2.45) is 0 Å². The second-order valence-electron chi connectivity index (χ2n) is 7.46. The average Bonchev–Trinajstić information content (AvgIpc) is 3.16. The number of nitrogens with zero attached hydrogens (tertiary/aromatic N) is 2. The van der Waals surface area contributed by atoms with E-state index in [1.807, 2.05) is 12.3 Å². The first kappa shape index (κ1) is 21.0. The number of sulfonamides is 1. The van der Waals surface area contributed by atoms with Crippen molar-refractivity contribution < 1.29 is 13.2 Å². The van der Waals surface area contributed by atoms with Gasteiger partial charge in [0.05, 0.1) is 22.1 Å². The van der Waals surface area contributed by atoms with Crippen LogP contribution in [0.25, 0.3) is 0 Å². The highest BCUT2D eigenvalue weighted by atomic mass is 32.2. The number of carbonyl (C=O) groups excluding carboxylic acids is 1. The maximum atomic E-state index is 12.9. The van der Waals surface area contributed by atoms with Gasteiger partial charge in [-0.2, -0.15) is 4.31 Å². The van der Waals surface area contributed by atoms with E-state index < -0.39 is 10.0 Å². The minimum absolute atomic E-state index is 0.181. The summed E-state index contributed by atoms with van der Waals surface area (Å²) in [7, 11) is -3.57. The van der Waals surface area contributed by atoms with Gasteiger partial charge in [0.15, 0.2) is 0 Å². The lowest BCUT2D eigenvalue weighted by molar-refractivity contribution is 0.0949. The van der Waals surface area contributed by atoms with Crippen LogP contribution in [0.2, 0.25) is 0 Å². The van der Waals surface area contributed by atoms with Crippen LogP contribution >= 0.6 is 11.3 Å². The summed E-state index contributed by atoms with van der Waals surface area (Å²) in [6.07, 6.45) is 2.82. The number of nitrogens with one attached hydrogen (secondary N) is 1. The number of aromatic nitrogens is 1. The molecule has 1 N–H and O–H groups in total. The molecule has 1 aromatic heterocycles. The Labute approximate surface area is 171 Å². The SMILES string of the molecule is Cc1ccc(S(=O)(=O)N2CCCCC2)cc1C(=O)NCc1csc(C(C)C)n1. The quantitative estimate of drug-likeness (QED) is 0.772. The lowest BCUT2D eigenvalue weighted by Crippen LogP contribution is -2.35. The fourth-order valence-corrected chi connectivity index (χ4v) is 5.57. The zero-order valence-electron chi connectivity index (χ0n) is 16.6. The Morgan fingerprint density at radius 3 is 2.61 bits per heavy atom. The van der Waals surface area contributed by atoms with Crippen LogP contribution in [-0.4, -0.2) is 36.7 Å². The van der Waals surface area contributed by atoms with Crippen LogP contribution < -0.4 is 5.32 Å². The molecule has 0 spiro atoms. The molecule has 28 heavy (non-hydrogen) atoms. The van der Waals surface area contributed by atoms with E-state index in [2.05, 4.69) is 24.1 Å². The van der Waals surface area contributed by atoms with Gasteiger partial charge in [-0.1, -0.05) is 26.3 Å². The second kappa shape index (κ2) is 8.71. The number of aryl methyl sites for hydroxylation is 1. The first-order chi connectivity index (χ1) is 13.3. The highest BCUT2D eigenvalue weighted by molar-refractivity contribution is 7.89. The number of hydrogen-bond donors (Lipinski definition) is 1. The normalized spacial score (nSPS) is 15.7. The Morgan fingerprint density at radius 1 is 1.25 bits per heavy atom. The molecule has 3 rings (SSSR count). The minimum atomic E-state index is -3.57. The lowest BCUT2D eigenvalue weighted by Gasteiger charge is -2.26. The van der Waals surface area contributed by atoms with E-state index in [0.29, 0.717) is 31.1 Å². The van der Waals surface area contributed by atoms with E-state index in [1.54, 1.807) is 23.5 Å². The standard InChI is InChI=1S/C20H27N3O3S2/c1-14(2)20-22-16(13-27-20)12-21-19(24)18-11-17(8-7-15(18)3)28(25,26)23-9-5-4-6-10-23/h7-8,11,13-14H,4-6,9-10,12H2,1-3H3,(H,21,24). The molecule has 0 aliphatic carbocycles. The predicted molar refractivity (Wildman–Crippen MR) is 111 cm³/mol. The Balaban J connectivity index is 1.75. The van der Waals surface area contributed by atoms with E-state index in [1.165, 1.54) is 10.4 Å². The number of hydrogen-bond acceptors (Lipinski definition) is 5. The van der Waals surface area contributed by atoms with Crippen LogP contribution in [0.5, 0.6) is 0 Å². The zero-order chi connectivity index (χ0) is 20.3. The van der Waals surface area contributed by atoms with Crippen molar-refractivity contribution in [1.29, 1.82) is 0 Å². The molecule has 1 aliphatic heterocycles. The fraction of sp³-hybridized carbons (Fsp3) is 0.500.